The Balaban J connectivity index is 2.05. The minimum atomic E-state index is -3.55. The van der Waals surface area contributed by atoms with Crippen molar-refractivity contribution in [3.63, 3.8) is 0 Å². The second-order valence-electron chi connectivity index (χ2n) is 7.80. The van der Waals surface area contributed by atoms with Gasteiger partial charge in [0.25, 0.3) is 0 Å². The van der Waals surface area contributed by atoms with E-state index < -0.39 is 53.2 Å². The van der Waals surface area contributed by atoms with E-state index in [0.29, 0.717) is 11.1 Å². The Labute approximate surface area is 196 Å². The smallest absolute Gasteiger partial charge is 0.229 e. The molecule has 2 aromatic rings. The van der Waals surface area contributed by atoms with Gasteiger partial charge in [-0.1, -0.05) is 18.2 Å². The van der Waals surface area contributed by atoms with E-state index in [2.05, 4.69) is 16.1 Å². The second-order valence-corrected chi connectivity index (χ2v) is 9.54. The average molecular weight is 492 g/mol. The number of hydrogen-bond acceptors (Lipinski definition) is 9. The molecule has 2 aromatic carbocycles. The third-order valence-corrected chi connectivity index (χ3v) is 5.70. The maximum atomic E-state index is 11.7. The molecule has 5 atom stereocenters. The lowest BCUT2D eigenvalue weighted by Crippen LogP contribution is -2.65. The number of nitrogens with zero attached hydrogens (tertiary/aromatic N) is 1. The monoisotopic (exact) mass is 491 g/mol. The highest BCUT2D eigenvalue weighted by Gasteiger charge is 2.46. The minimum absolute atomic E-state index is 0.135. The summed E-state index contributed by atoms with van der Waals surface area (Å²) >= 11 is 0. The number of rotatable bonds is 7. The fourth-order valence-electron chi connectivity index (χ4n) is 3.67. The molecule has 1 amide bonds. The topological polar surface area (TPSA) is 178 Å². The molecule has 0 saturated carbocycles. The lowest BCUT2D eigenvalue weighted by Gasteiger charge is -2.42. The van der Waals surface area contributed by atoms with Crippen molar-refractivity contribution in [1.29, 1.82) is 5.26 Å². The van der Waals surface area contributed by atoms with Gasteiger partial charge in [-0.25, -0.2) is 8.42 Å². The maximum absolute atomic E-state index is 11.7. The number of sulfonamides is 1. The number of amides is 1. The highest BCUT2D eigenvalue weighted by atomic mass is 32.2. The zero-order valence-electron chi connectivity index (χ0n) is 18.4. The first-order valence-electron chi connectivity index (χ1n) is 10.2. The van der Waals surface area contributed by atoms with E-state index in [0.717, 1.165) is 6.26 Å². The van der Waals surface area contributed by atoms with Crippen molar-refractivity contribution in [3.05, 3.63) is 48.0 Å². The van der Waals surface area contributed by atoms with Gasteiger partial charge in [0, 0.05) is 18.2 Å². The highest BCUT2D eigenvalue weighted by Crippen LogP contribution is 2.36. The Morgan fingerprint density at radius 2 is 1.91 bits per heavy atom. The van der Waals surface area contributed by atoms with Crippen molar-refractivity contribution in [3.8, 4) is 22.9 Å². The van der Waals surface area contributed by atoms with Crippen LogP contribution in [0.1, 0.15) is 12.5 Å². The Bertz CT molecular complexity index is 1200. The number of aliphatic hydroxyl groups is 3. The zero-order chi connectivity index (χ0) is 25.0. The number of nitrogens with one attached hydrogen (secondary N) is 2. The second kappa shape index (κ2) is 10.4. The molecule has 182 valence electrons. The number of ether oxygens (including phenoxy) is 2. The van der Waals surface area contributed by atoms with Gasteiger partial charge in [0.15, 0.2) is 0 Å². The maximum Gasteiger partial charge on any atom is 0.229 e. The van der Waals surface area contributed by atoms with E-state index in [1.807, 2.05) is 0 Å². The van der Waals surface area contributed by atoms with Crippen LogP contribution in [-0.4, -0.2) is 73.2 Å². The van der Waals surface area contributed by atoms with Crippen molar-refractivity contribution < 1.29 is 38.0 Å². The summed E-state index contributed by atoms with van der Waals surface area (Å²) in [6.07, 6.45) is -4.49. The molecule has 5 N–H and O–H groups in total. The normalized spacial score (nSPS) is 24.6. The molecule has 0 aromatic heterocycles. The fraction of sp³-hybridized carbons (Fsp3) is 0.364. The summed E-state index contributed by atoms with van der Waals surface area (Å²) in [6.45, 7) is 0.603. The molecule has 0 unspecified atom stereocenters. The van der Waals surface area contributed by atoms with Crippen LogP contribution in [0.2, 0.25) is 0 Å². The number of aliphatic hydroxyl groups excluding tert-OH is 3. The summed E-state index contributed by atoms with van der Waals surface area (Å²) < 4.78 is 37.2. The first-order valence-corrected chi connectivity index (χ1v) is 12.1. The van der Waals surface area contributed by atoms with Crippen LogP contribution in [0, 0.1) is 11.3 Å². The largest absolute Gasteiger partial charge is 0.462 e. The molecular weight excluding hydrogens is 466 g/mol. The standard InChI is InChI=1S/C22H25N3O8S/c1-12(27)24-19-21(29)20(28)17(11-26)33-22(19)32-16-8-4-6-14(10-23)18(16)13-5-3-7-15(9-13)25-34(2,30)31/h3-9,17,19-22,25-26,28-29H,11H2,1-2H3,(H,24,27)/t17-,19-,20+,21-,22-/m1/s1. The zero-order valence-corrected chi connectivity index (χ0v) is 19.2. The van der Waals surface area contributed by atoms with Crippen molar-refractivity contribution >= 4 is 21.6 Å². The fourth-order valence-corrected chi connectivity index (χ4v) is 4.22. The quantitative estimate of drug-likeness (QED) is 0.354. The summed E-state index contributed by atoms with van der Waals surface area (Å²) in [6, 6.07) is 11.8. The number of hydrogen-bond donors (Lipinski definition) is 5. The molecule has 0 spiro atoms. The molecule has 12 heteroatoms. The molecular formula is C22H25N3O8S. The summed E-state index contributed by atoms with van der Waals surface area (Å²) in [4.78, 5) is 11.7. The minimum Gasteiger partial charge on any atom is -0.462 e. The number of carbonyl (C=O) groups is 1. The lowest BCUT2D eigenvalue weighted by atomic mass is 9.96. The van der Waals surface area contributed by atoms with E-state index in [-0.39, 0.29) is 17.0 Å². The van der Waals surface area contributed by atoms with Crippen molar-refractivity contribution in [1.82, 2.24) is 5.32 Å². The number of carbonyl (C=O) groups excluding carboxylic acids is 1. The van der Waals surface area contributed by atoms with Crippen LogP contribution in [0.3, 0.4) is 0 Å². The van der Waals surface area contributed by atoms with Crippen LogP contribution in [0.5, 0.6) is 5.75 Å². The molecule has 0 radical (unpaired) electrons. The summed E-state index contributed by atoms with van der Waals surface area (Å²) in [7, 11) is -3.55. The molecule has 1 saturated heterocycles. The van der Waals surface area contributed by atoms with Crippen LogP contribution < -0.4 is 14.8 Å². The van der Waals surface area contributed by atoms with Crippen LogP contribution in [-0.2, 0) is 19.6 Å². The lowest BCUT2D eigenvalue weighted by molar-refractivity contribution is -0.244. The molecule has 1 aliphatic rings. The van der Waals surface area contributed by atoms with Gasteiger partial charge in [-0.15, -0.1) is 0 Å². The first kappa shape index (κ1) is 25.4. The SMILES string of the molecule is CC(=O)N[C@H]1[C@H](Oc2cccc(C#N)c2-c2cccc(NS(C)(=O)=O)c2)O[C@H](CO)[C@H](O)[C@@H]1O. The highest BCUT2D eigenvalue weighted by molar-refractivity contribution is 7.92. The molecule has 0 aliphatic carbocycles. The molecule has 34 heavy (non-hydrogen) atoms. The van der Waals surface area contributed by atoms with E-state index in [1.165, 1.54) is 19.1 Å². The summed E-state index contributed by atoms with van der Waals surface area (Å²) in [5.41, 5.74) is 1.24. The van der Waals surface area contributed by atoms with Gasteiger partial charge in [-0.05, 0) is 29.8 Å². The Hall–Kier alpha value is -3.21. The van der Waals surface area contributed by atoms with Crippen LogP contribution in [0.25, 0.3) is 11.1 Å². The van der Waals surface area contributed by atoms with Gasteiger partial charge in [0.05, 0.1) is 24.5 Å². The molecule has 0 bridgehead atoms. The van der Waals surface area contributed by atoms with Gasteiger partial charge < -0.3 is 30.1 Å². The molecule has 1 heterocycles. The van der Waals surface area contributed by atoms with Crippen molar-refractivity contribution in [2.45, 2.75) is 37.6 Å². The van der Waals surface area contributed by atoms with Gasteiger partial charge in [0.1, 0.15) is 30.1 Å². The third kappa shape index (κ3) is 5.82. The molecule has 11 nitrogen and oxygen atoms in total. The van der Waals surface area contributed by atoms with E-state index >= 15 is 0 Å². The van der Waals surface area contributed by atoms with Crippen molar-refractivity contribution in [2.24, 2.45) is 0 Å². The summed E-state index contributed by atoms with van der Waals surface area (Å²) in [5.74, 6) is -0.377. The van der Waals surface area contributed by atoms with Gasteiger partial charge in [-0.3, -0.25) is 9.52 Å². The van der Waals surface area contributed by atoms with E-state index in [1.54, 1.807) is 30.3 Å². The number of benzene rings is 2. The first-order chi connectivity index (χ1) is 16.0. The van der Waals surface area contributed by atoms with Gasteiger partial charge >= 0.3 is 0 Å². The third-order valence-electron chi connectivity index (χ3n) is 5.10. The Morgan fingerprint density at radius 3 is 2.53 bits per heavy atom. The molecule has 3 rings (SSSR count). The van der Waals surface area contributed by atoms with Gasteiger partial charge in [0.2, 0.25) is 22.2 Å². The van der Waals surface area contributed by atoms with E-state index in [4.69, 9.17) is 9.47 Å². The molecule has 1 aliphatic heterocycles. The molecule has 1 fully saturated rings. The van der Waals surface area contributed by atoms with Crippen LogP contribution >= 0.6 is 0 Å². The van der Waals surface area contributed by atoms with Crippen molar-refractivity contribution in [2.75, 3.05) is 17.6 Å². The number of anilines is 1. The van der Waals surface area contributed by atoms with Gasteiger partial charge in [-0.2, -0.15) is 5.26 Å². The van der Waals surface area contributed by atoms with Crippen LogP contribution in [0.15, 0.2) is 42.5 Å². The Kier molecular flexibility index (Phi) is 7.75. The van der Waals surface area contributed by atoms with E-state index in [9.17, 15) is 33.8 Å². The predicted octanol–water partition coefficient (Wildman–Crippen LogP) is -0.0807. The number of nitriles is 1. The predicted molar refractivity (Wildman–Crippen MR) is 121 cm³/mol. The summed E-state index contributed by atoms with van der Waals surface area (Å²) in [5, 5.41) is 42.4. The van der Waals surface area contributed by atoms with Crippen LogP contribution in [0.4, 0.5) is 5.69 Å². The Morgan fingerprint density at radius 1 is 1.21 bits per heavy atom. The average Bonchev–Trinajstić information content (AvgIpc) is 2.77.